The zero-order valence-electron chi connectivity index (χ0n) is 16.2. The molecule has 0 spiro atoms. The van der Waals surface area contributed by atoms with E-state index < -0.39 is 5.97 Å². The van der Waals surface area contributed by atoms with Crippen LogP contribution in [0.3, 0.4) is 0 Å². The van der Waals surface area contributed by atoms with Gasteiger partial charge in [-0.25, -0.2) is 0 Å². The fourth-order valence-electron chi connectivity index (χ4n) is 3.44. The summed E-state index contributed by atoms with van der Waals surface area (Å²) in [6.07, 6.45) is 3.50. The molecule has 0 bridgehead atoms. The summed E-state index contributed by atoms with van der Waals surface area (Å²) < 4.78 is 6.39. The van der Waals surface area contributed by atoms with Crippen molar-refractivity contribution in [1.82, 2.24) is 15.0 Å². The highest BCUT2D eigenvalue weighted by molar-refractivity contribution is 7.18. The molecule has 2 heterocycles. The molecule has 0 N–H and O–H groups in total. The minimum absolute atomic E-state index is 0.168. The van der Waals surface area contributed by atoms with E-state index in [4.69, 9.17) is 4.74 Å². The highest BCUT2D eigenvalue weighted by atomic mass is 32.1. The minimum Gasteiger partial charge on any atom is -0.461 e. The average molecular weight is 378 g/mol. The normalized spacial score (nSPS) is 18.6. The first-order valence-electron chi connectivity index (χ1n) is 9.28. The molecule has 3 rings (SSSR count). The van der Waals surface area contributed by atoms with Crippen LogP contribution in [0.15, 0.2) is 4.79 Å². The number of fused-ring (bicyclic) bond motifs is 3. The predicted octanol–water partition coefficient (Wildman–Crippen LogP) is 3.35. The average Bonchev–Trinajstić information content (AvgIpc) is 2.94. The van der Waals surface area contributed by atoms with Crippen molar-refractivity contribution in [3.05, 3.63) is 20.8 Å². The molecule has 2 aromatic rings. The summed E-state index contributed by atoms with van der Waals surface area (Å²) in [6.45, 7) is 10.4. The second-order valence-electron chi connectivity index (χ2n) is 8.25. The number of hydrogen-bond acceptors (Lipinski definition) is 6. The molecule has 0 saturated heterocycles. The van der Waals surface area contributed by atoms with E-state index >= 15 is 0 Å². The Morgan fingerprint density at radius 1 is 1.42 bits per heavy atom. The molecule has 0 radical (unpaired) electrons. The van der Waals surface area contributed by atoms with Crippen LogP contribution in [0.4, 0.5) is 0 Å². The van der Waals surface area contributed by atoms with Gasteiger partial charge < -0.3 is 4.74 Å². The lowest BCUT2D eigenvalue weighted by Crippen LogP contribution is -2.30. The third-order valence-corrected chi connectivity index (χ3v) is 6.49. The van der Waals surface area contributed by atoms with E-state index in [0.29, 0.717) is 16.1 Å². The van der Waals surface area contributed by atoms with Crippen molar-refractivity contribution in [1.29, 1.82) is 0 Å². The Morgan fingerprint density at radius 2 is 2.15 bits per heavy atom. The van der Waals surface area contributed by atoms with Crippen molar-refractivity contribution in [2.75, 3.05) is 0 Å². The number of aryl methyl sites for hydroxylation is 1. The molecule has 7 heteroatoms. The van der Waals surface area contributed by atoms with E-state index in [-0.39, 0.29) is 23.6 Å². The maximum atomic E-state index is 12.9. The highest BCUT2D eigenvalue weighted by Crippen LogP contribution is 2.41. The number of ether oxygens (including phenoxy) is 1. The molecule has 1 aliphatic rings. The summed E-state index contributed by atoms with van der Waals surface area (Å²) in [6, 6.07) is 0. The van der Waals surface area contributed by atoms with Gasteiger partial charge in [-0.05, 0) is 49.5 Å². The molecule has 0 amide bonds. The zero-order chi connectivity index (χ0) is 19.1. The van der Waals surface area contributed by atoms with E-state index in [1.807, 2.05) is 13.8 Å². The number of aromatic nitrogens is 3. The van der Waals surface area contributed by atoms with Gasteiger partial charge in [-0.2, -0.15) is 4.68 Å². The number of nitrogens with zero attached hydrogens (tertiary/aromatic N) is 3. The van der Waals surface area contributed by atoms with Gasteiger partial charge in [0.1, 0.15) is 6.54 Å². The fraction of sp³-hybridized carbons (Fsp3) is 0.684. The number of carbonyl (C=O) groups is 1. The molecular formula is C19H27N3O3S. The molecule has 142 valence electrons. The predicted molar refractivity (Wildman–Crippen MR) is 102 cm³/mol. The lowest BCUT2D eigenvalue weighted by molar-refractivity contribution is -0.149. The first kappa shape index (κ1) is 19.0. The molecule has 0 saturated carbocycles. The van der Waals surface area contributed by atoms with Crippen LogP contribution in [-0.2, 0) is 28.9 Å². The fourth-order valence-corrected chi connectivity index (χ4v) is 4.67. The van der Waals surface area contributed by atoms with Crippen LogP contribution < -0.4 is 5.56 Å². The van der Waals surface area contributed by atoms with Crippen LogP contribution in [0.2, 0.25) is 0 Å². The Bertz CT molecular complexity index is 879. The van der Waals surface area contributed by atoms with E-state index in [9.17, 15) is 9.59 Å². The Labute approximate surface area is 157 Å². The minimum atomic E-state index is -0.452. The smallest absolute Gasteiger partial charge is 0.328 e. The molecular weight excluding hydrogens is 350 g/mol. The second kappa shape index (κ2) is 7.10. The van der Waals surface area contributed by atoms with Gasteiger partial charge in [-0.3, -0.25) is 9.59 Å². The molecule has 0 aliphatic heterocycles. The van der Waals surface area contributed by atoms with Crippen molar-refractivity contribution in [3.63, 3.8) is 0 Å². The molecule has 26 heavy (non-hydrogen) atoms. The summed E-state index contributed by atoms with van der Waals surface area (Å²) >= 11 is 1.57. The van der Waals surface area contributed by atoms with Crippen molar-refractivity contribution in [3.8, 4) is 0 Å². The van der Waals surface area contributed by atoms with Gasteiger partial charge in [0.25, 0.3) is 5.56 Å². The molecule has 6 nitrogen and oxygen atoms in total. The van der Waals surface area contributed by atoms with E-state index in [2.05, 4.69) is 31.1 Å². The number of esters is 1. The van der Waals surface area contributed by atoms with Crippen molar-refractivity contribution in [2.24, 2.45) is 11.3 Å². The van der Waals surface area contributed by atoms with Crippen molar-refractivity contribution >= 4 is 27.5 Å². The summed E-state index contributed by atoms with van der Waals surface area (Å²) in [4.78, 5) is 26.8. The Balaban J connectivity index is 1.91. The van der Waals surface area contributed by atoms with Gasteiger partial charge in [0.15, 0.2) is 4.83 Å². The third kappa shape index (κ3) is 3.68. The molecule has 2 atom stereocenters. The third-order valence-electron chi connectivity index (χ3n) is 5.35. The van der Waals surface area contributed by atoms with Crippen LogP contribution in [-0.4, -0.2) is 27.1 Å². The maximum absolute atomic E-state index is 12.9. The maximum Gasteiger partial charge on any atom is 0.328 e. The lowest BCUT2D eigenvalue weighted by Gasteiger charge is -2.33. The number of thiophene rings is 1. The largest absolute Gasteiger partial charge is 0.461 e. The van der Waals surface area contributed by atoms with Gasteiger partial charge in [-0.1, -0.05) is 32.9 Å². The Kier molecular flexibility index (Phi) is 5.19. The summed E-state index contributed by atoms with van der Waals surface area (Å²) in [5.74, 6) is 0.149. The van der Waals surface area contributed by atoms with Crippen LogP contribution in [0, 0.1) is 11.3 Å². The molecule has 0 fully saturated rings. The van der Waals surface area contributed by atoms with Crippen molar-refractivity contribution in [2.45, 2.75) is 73.0 Å². The quantitative estimate of drug-likeness (QED) is 0.764. The monoisotopic (exact) mass is 377 g/mol. The molecule has 1 aliphatic carbocycles. The van der Waals surface area contributed by atoms with Gasteiger partial charge in [0.05, 0.1) is 11.5 Å². The molecule has 0 unspecified atom stereocenters. The van der Waals surface area contributed by atoms with Gasteiger partial charge >= 0.3 is 5.97 Å². The number of carbonyl (C=O) groups excluding carboxylic acids is 1. The standard InChI is InChI=1S/C19H27N3O3S/c1-6-11(2)25-15(23)10-22-18(24)16-13-8-7-12(19(3,4)5)9-14(13)26-17(16)20-21-22/h11-12H,6-10H2,1-5H3/t11-,12+/m1/s1. The SMILES string of the molecule is CC[C@@H](C)OC(=O)Cn1nnc2sc3c(c2c1=O)CC[C@H](C(C)(C)C)C3. The van der Waals surface area contributed by atoms with E-state index in [1.54, 1.807) is 11.3 Å². The lowest BCUT2D eigenvalue weighted by atomic mass is 9.72. The Morgan fingerprint density at radius 3 is 2.81 bits per heavy atom. The first-order chi connectivity index (χ1) is 12.2. The van der Waals surface area contributed by atoms with Gasteiger partial charge in [0.2, 0.25) is 0 Å². The second-order valence-corrected chi connectivity index (χ2v) is 9.33. The first-order valence-corrected chi connectivity index (χ1v) is 10.1. The Hall–Kier alpha value is -1.76. The highest BCUT2D eigenvalue weighted by Gasteiger charge is 2.32. The summed E-state index contributed by atoms with van der Waals surface area (Å²) in [7, 11) is 0. The van der Waals surface area contributed by atoms with E-state index in [0.717, 1.165) is 35.9 Å². The zero-order valence-corrected chi connectivity index (χ0v) is 17.0. The van der Waals surface area contributed by atoms with Crippen LogP contribution in [0.25, 0.3) is 10.2 Å². The van der Waals surface area contributed by atoms with Crippen LogP contribution in [0.5, 0.6) is 0 Å². The molecule has 0 aromatic carbocycles. The number of hydrogen-bond donors (Lipinski definition) is 0. The summed E-state index contributed by atoms with van der Waals surface area (Å²) in [5.41, 5.74) is 1.12. The van der Waals surface area contributed by atoms with Crippen molar-refractivity contribution < 1.29 is 9.53 Å². The van der Waals surface area contributed by atoms with Gasteiger partial charge in [-0.15, -0.1) is 16.4 Å². The summed E-state index contributed by atoms with van der Waals surface area (Å²) in [5, 5.41) is 8.81. The number of rotatable bonds is 4. The molecule has 2 aromatic heterocycles. The van der Waals surface area contributed by atoms with E-state index in [1.165, 1.54) is 4.88 Å². The topological polar surface area (TPSA) is 74.1 Å². The van der Waals surface area contributed by atoms with Gasteiger partial charge in [0, 0.05) is 4.88 Å². The van der Waals surface area contributed by atoms with Crippen LogP contribution in [0.1, 0.15) is 57.9 Å². The van der Waals surface area contributed by atoms with Crippen LogP contribution >= 0.6 is 11.3 Å².